The second-order valence-corrected chi connectivity index (χ2v) is 7.88. The Morgan fingerprint density at radius 1 is 1.23 bits per heavy atom. The maximum atomic E-state index is 13.7. The van der Waals surface area contributed by atoms with E-state index in [2.05, 4.69) is 0 Å². The van der Waals surface area contributed by atoms with Gasteiger partial charge in [-0.1, -0.05) is 6.07 Å². The molecule has 2 aliphatic heterocycles. The van der Waals surface area contributed by atoms with Gasteiger partial charge in [0.05, 0.1) is 11.9 Å². The lowest BCUT2D eigenvalue weighted by Crippen LogP contribution is -2.48. The number of hydrogen-bond acceptors (Lipinski definition) is 3. The fourth-order valence-electron chi connectivity index (χ4n) is 3.25. The summed E-state index contributed by atoms with van der Waals surface area (Å²) < 4.78 is 59.3. The van der Waals surface area contributed by atoms with Gasteiger partial charge in [0.2, 0.25) is 10.0 Å². The summed E-state index contributed by atoms with van der Waals surface area (Å²) >= 11 is 0. The highest BCUT2D eigenvalue weighted by Gasteiger charge is 2.37. The summed E-state index contributed by atoms with van der Waals surface area (Å²) in [5.41, 5.74) is -0.385. The lowest BCUT2D eigenvalue weighted by molar-refractivity contribution is -0.0534. The molecule has 0 saturated carbocycles. The molecule has 2 saturated heterocycles. The van der Waals surface area contributed by atoms with Crippen LogP contribution >= 0.6 is 0 Å². The summed E-state index contributed by atoms with van der Waals surface area (Å²) in [5.74, 6) is -2.09. The van der Waals surface area contributed by atoms with E-state index in [0.29, 0.717) is 19.5 Å². The number of ether oxygens (including phenoxy) is 1. The summed E-state index contributed by atoms with van der Waals surface area (Å²) in [4.78, 5) is 0. The highest BCUT2D eigenvalue weighted by atomic mass is 32.2. The molecule has 1 aromatic rings. The molecular formula is C15H19F2NO3S. The summed E-state index contributed by atoms with van der Waals surface area (Å²) in [6, 6.07) is 3.38. The molecule has 7 heteroatoms. The fraction of sp³-hybridized carbons (Fsp3) is 0.600. The van der Waals surface area contributed by atoms with Crippen molar-refractivity contribution in [3.8, 4) is 0 Å². The SMILES string of the molecule is O=S(=O)(Cc1c(F)cccc1F)N1CC[C@@H]2OCCC[C@H]2C1. The molecule has 22 heavy (non-hydrogen) atoms. The zero-order chi connectivity index (χ0) is 15.7. The summed E-state index contributed by atoms with van der Waals surface area (Å²) in [7, 11) is -3.73. The first-order chi connectivity index (χ1) is 10.5. The lowest BCUT2D eigenvalue weighted by Gasteiger charge is -2.40. The van der Waals surface area contributed by atoms with Crippen LogP contribution in [0.1, 0.15) is 24.8 Å². The molecular weight excluding hydrogens is 312 g/mol. The molecule has 0 amide bonds. The maximum Gasteiger partial charge on any atom is 0.218 e. The number of benzene rings is 1. The van der Waals surface area contributed by atoms with Crippen LogP contribution in [0.5, 0.6) is 0 Å². The Labute approximate surface area is 129 Å². The maximum absolute atomic E-state index is 13.7. The molecule has 122 valence electrons. The van der Waals surface area contributed by atoms with Gasteiger partial charge in [-0.3, -0.25) is 0 Å². The zero-order valence-corrected chi connectivity index (χ0v) is 13.0. The van der Waals surface area contributed by atoms with E-state index in [1.807, 2.05) is 0 Å². The number of halogens is 2. The molecule has 2 aliphatic rings. The second kappa shape index (κ2) is 6.22. The molecule has 0 spiro atoms. The number of rotatable bonds is 3. The fourth-order valence-corrected chi connectivity index (χ4v) is 4.88. The van der Waals surface area contributed by atoms with Crippen LogP contribution in [0, 0.1) is 17.6 Å². The molecule has 3 rings (SSSR count). The van der Waals surface area contributed by atoms with Gasteiger partial charge in [0.15, 0.2) is 0 Å². The normalized spacial score (nSPS) is 26.6. The molecule has 0 aliphatic carbocycles. The van der Waals surface area contributed by atoms with Gasteiger partial charge in [-0.2, -0.15) is 0 Å². The van der Waals surface area contributed by atoms with E-state index in [0.717, 1.165) is 31.6 Å². The molecule has 0 N–H and O–H groups in total. The first kappa shape index (κ1) is 15.8. The van der Waals surface area contributed by atoms with Gasteiger partial charge in [0, 0.05) is 25.3 Å². The Kier molecular flexibility index (Phi) is 4.47. The van der Waals surface area contributed by atoms with Crippen molar-refractivity contribution in [1.82, 2.24) is 4.31 Å². The number of fused-ring (bicyclic) bond motifs is 1. The second-order valence-electron chi connectivity index (χ2n) is 5.91. The van der Waals surface area contributed by atoms with Gasteiger partial charge in [0.1, 0.15) is 11.6 Å². The van der Waals surface area contributed by atoms with E-state index in [-0.39, 0.29) is 17.6 Å². The standard InChI is InChI=1S/C15H19F2NO3S/c16-13-4-1-5-14(17)12(13)10-22(19,20)18-7-6-15-11(9-18)3-2-8-21-15/h1,4-5,11,15H,2-3,6-10H2/t11-,15-/m0/s1. The van der Waals surface area contributed by atoms with Gasteiger partial charge < -0.3 is 4.74 Å². The molecule has 0 radical (unpaired) electrons. The summed E-state index contributed by atoms with van der Waals surface area (Å²) in [6.45, 7) is 1.46. The molecule has 4 nitrogen and oxygen atoms in total. The average molecular weight is 331 g/mol. The summed E-state index contributed by atoms with van der Waals surface area (Å²) in [5, 5.41) is 0. The van der Waals surface area contributed by atoms with E-state index >= 15 is 0 Å². The number of sulfonamides is 1. The monoisotopic (exact) mass is 331 g/mol. The van der Waals surface area contributed by atoms with Gasteiger partial charge in [-0.05, 0) is 37.3 Å². The molecule has 2 heterocycles. The van der Waals surface area contributed by atoms with Crippen LogP contribution in [0.15, 0.2) is 18.2 Å². The van der Waals surface area contributed by atoms with E-state index < -0.39 is 27.4 Å². The van der Waals surface area contributed by atoms with E-state index in [4.69, 9.17) is 4.74 Å². The third-order valence-electron chi connectivity index (χ3n) is 4.46. The third-order valence-corrected chi connectivity index (χ3v) is 6.23. The third kappa shape index (κ3) is 3.16. The highest BCUT2D eigenvalue weighted by molar-refractivity contribution is 7.88. The van der Waals surface area contributed by atoms with Crippen molar-refractivity contribution < 1.29 is 21.9 Å². The van der Waals surface area contributed by atoms with Crippen molar-refractivity contribution in [2.45, 2.75) is 31.1 Å². The Morgan fingerprint density at radius 2 is 1.95 bits per heavy atom. The molecule has 0 aromatic heterocycles. The average Bonchev–Trinajstić information content (AvgIpc) is 2.50. The highest BCUT2D eigenvalue weighted by Crippen LogP contribution is 2.30. The van der Waals surface area contributed by atoms with Crippen molar-refractivity contribution in [2.24, 2.45) is 5.92 Å². The van der Waals surface area contributed by atoms with Gasteiger partial charge in [0.25, 0.3) is 0 Å². The Hall–Kier alpha value is -1.05. The molecule has 2 fully saturated rings. The lowest BCUT2D eigenvalue weighted by atomic mass is 9.90. The van der Waals surface area contributed by atoms with Gasteiger partial charge >= 0.3 is 0 Å². The Balaban J connectivity index is 1.76. The molecule has 2 atom stereocenters. The van der Waals surface area contributed by atoms with Crippen molar-refractivity contribution >= 4 is 10.0 Å². The predicted octanol–water partition coefficient (Wildman–Crippen LogP) is 2.30. The smallest absolute Gasteiger partial charge is 0.218 e. The van der Waals surface area contributed by atoms with Gasteiger partial charge in [-0.25, -0.2) is 21.5 Å². The van der Waals surface area contributed by atoms with Crippen molar-refractivity contribution in [2.75, 3.05) is 19.7 Å². The van der Waals surface area contributed by atoms with E-state index in [9.17, 15) is 17.2 Å². The van der Waals surface area contributed by atoms with E-state index in [1.54, 1.807) is 0 Å². The first-order valence-electron chi connectivity index (χ1n) is 7.50. The predicted molar refractivity (Wildman–Crippen MR) is 77.6 cm³/mol. The van der Waals surface area contributed by atoms with Crippen LogP contribution in [0.2, 0.25) is 0 Å². The van der Waals surface area contributed by atoms with Crippen LogP contribution in [0.25, 0.3) is 0 Å². The Morgan fingerprint density at radius 3 is 2.68 bits per heavy atom. The number of hydrogen-bond donors (Lipinski definition) is 0. The number of piperidine rings is 1. The molecule has 0 bridgehead atoms. The number of nitrogens with zero attached hydrogens (tertiary/aromatic N) is 1. The first-order valence-corrected chi connectivity index (χ1v) is 9.10. The van der Waals surface area contributed by atoms with Crippen LogP contribution in [-0.4, -0.2) is 38.5 Å². The van der Waals surface area contributed by atoms with Crippen molar-refractivity contribution in [3.63, 3.8) is 0 Å². The quantitative estimate of drug-likeness (QED) is 0.854. The summed E-state index contributed by atoms with van der Waals surface area (Å²) in [6.07, 6.45) is 2.62. The van der Waals surface area contributed by atoms with Crippen LogP contribution in [0.3, 0.4) is 0 Å². The molecule has 0 unspecified atom stereocenters. The van der Waals surface area contributed by atoms with Crippen LogP contribution < -0.4 is 0 Å². The van der Waals surface area contributed by atoms with Crippen molar-refractivity contribution in [1.29, 1.82) is 0 Å². The Bertz CT molecular complexity index is 630. The minimum atomic E-state index is -3.73. The van der Waals surface area contributed by atoms with Gasteiger partial charge in [-0.15, -0.1) is 0 Å². The molecule has 1 aromatic carbocycles. The van der Waals surface area contributed by atoms with E-state index in [1.165, 1.54) is 10.4 Å². The minimum Gasteiger partial charge on any atom is -0.378 e. The van der Waals surface area contributed by atoms with Crippen LogP contribution in [0.4, 0.5) is 8.78 Å². The minimum absolute atomic E-state index is 0.116. The zero-order valence-electron chi connectivity index (χ0n) is 12.2. The van der Waals surface area contributed by atoms with Crippen LogP contribution in [-0.2, 0) is 20.5 Å². The topological polar surface area (TPSA) is 46.6 Å². The van der Waals surface area contributed by atoms with Crippen molar-refractivity contribution in [3.05, 3.63) is 35.4 Å². The largest absolute Gasteiger partial charge is 0.378 e.